The van der Waals surface area contributed by atoms with E-state index in [1.165, 1.54) is 6.20 Å². The average molecular weight is 264 g/mol. The summed E-state index contributed by atoms with van der Waals surface area (Å²) >= 11 is 6.07. The molecule has 0 bridgehead atoms. The first kappa shape index (κ1) is 13.0. The minimum atomic E-state index is -0.237. The van der Waals surface area contributed by atoms with Crippen molar-refractivity contribution >= 4 is 11.6 Å². The second-order valence-corrected chi connectivity index (χ2v) is 5.68. The molecule has 0 amide bonds. The van der Waals surface area contributed by atoms with Crippen LogP contribution in [0.5, 0.6) is 0 Å². The van der Waals surface area contributed by atoms with E-state index in [-0.39, 0.29) is 11.2 Å². The van der Waals surface area contributed by atoms with Crippen LogP contribution in [0.25, 0.3) is 11.1 Å². The molecule has 1 aromatic heterocycles. The van der Waals surface area contributed by atoms with Gasteiger partial charge in [0.05, 0.1) is 5.02 Å². The molecule has 0 N–H and O–H groups in total. The van der Waals surface area contributed by atoms with Crippen LogP contribution in [-0.4, -0.2) is 4.98 Å². The summed E-state index contributed by atoms with van der Waals surface area (Å²) < 4.78 is 14.6. The van der Waals surface area contributed by atoms with E-state index in [0.717, 1.165) is 0 Å². The van der Waals surface area contributed by atoms with Crippen molar-refractivity contribution in [2.45, 2.75) is 26.2 Å². The molecule has 0 aliphatic carbocycles. The maximum atomic E-state index is 14.6. The number of rotatable bonds is 1. The standard InChI is InChI=1S/C15H15ClFN/c1-15(2,3)12-6-4-5-11(14(12)17)10-7-8-18-9-13(10)16/h4-9H,1-3H3. The highest BCUT2D eigenvalue weighted by molar-refractivity contribution is 6.33. The quantitative estimate of drug-likeness (QED) is 0.717. The van der Waals surface area contributed by atoms with Crippen LogP contribution in [0.1, 0.15) is 26.3 Å². The molecule has 0 aliphatic heterocycles. The van der Waals surface area contributed by atoms with Crippen LogP contribution in [-0.2, 0) is 5.41 Å². The van der Waals surface area contributed by atoms with Crippen LogP contribution in [0.15, 0.2) is 36.7 Å². The highest BCUT2D eigenvalue weighted by atomic mass is 35.5. The number of halogens is 2. The summed E-state index contributed by atoms with van der Waals surface area (Å²) in [6.45, 7) is 5.97. The van der Waals surface area contributed by atoms with E-state index in [4.69, 9.17) is 11.6 Å². The molecular weight excluding hydrogens is 249 g/mol. The monoisotopic (exact) mass is 263 g/mol. The van der Waals surface area contributed by atoms with Crippen LogP contribution < -0.4 is 0 Å². The molecule has 18 heavy (non-hydrogen) atoms. The molecule has 0 radical (unpaired) electrons. The Kier molecular flexibility index (Phi) is 3.40. The van der Waals surface area contributed by atoms with Crippen LogP contribution in [0, 0.1) is 5.82 Å². The molecule has 0 saturated carbocycles. The lowest BCUT2D eigenvalue weighted by atomic mass is 9.85. The van der Waals surface area contributed by atoms with Gasteiger partial charge in [0.25, 0.3) is 0 Å². The van der Waals surface area contributed by atoms with Gasteiger partial charge in [-0.25, -0.2) is 4.39 Å². The van der Waals surface area contributed by atoms with E-state index in [1.54, 1.807) is 18.3 Å². The molecule has 0 unspecified atom stereocenters. The fourth-order valence-electron chi connectivity index (χ4n) is 1.91. The molecule has 0 saturated heterocycles. The lowest BCUT2D eigenvalue weighted by Crippen LogP contribution is -2.14. The molecule has 2 rings (SSSR count). The van der Waals surface area contributed by atoms with Crippen molar-refractivity contribution in [2.24, 2.45) is 0 Å². The lowest BCUT2D eigenvalue weighted by Gasteiger charge is -2.21. The van der Waals surface area contributed by atoms with Gasteiger partial charge in [-0.3, -0.25) is 4.98 Å². The zero-order chi connectivity index (χ0) is 13.3. The number of benzene rings is 1. The van der Waals surface area contributed by atoms with Crippen LogP contribution in [0.2, 0.25) is 5.02 Å². The first-order valence-electron chi connectivity index (χ1n) is 5.80. The summed E-state index contributed by atoms with van der Waals surface area (Å²) in [6.07, 6.45) is 3.14. The molecule has 0 spiro atoms. The zero-order valence-electron chi connectivity index (χ0n) is 10.7. The molecule has 0 aliphatic rings. The summed E-state index contributed by atoms with van der Waals surface area (Å²) in [5, 5.41) is 0.461. The van der Waals surface area contributed by atoms with Crippen molar-refractivity contribution < 1.29 is 4.39 Å². The minimum Gasteiger partial charge on any atom is -0.263 e. The smallest absolute Gasteiger partial charge is 0.134 e. The molecule has 1 heterocycles. The number of nitrogens with zero attached hydrogens (tertiary/aromatic N) is 1. The summed E-state index contributed by atoms with van der Waals surface area (Å²) in [7, 11) is 0. The molecule has 0 atom stereocenters. The predicted octanol–water partition coefficient (Wildman–Crippen LogP) is 4.84. The predicted molar refractivity (Wildman–Crippen MR) is 73.3 cm³/mol. The van der Waals surface area contributed by atoms with Crippen LogP contribution >= 0.6 is 11.6 Å². The Labute approximate surface area is 112 Å². The van der Waals surface area contributed by atoms with Gasteiger partial charge >= 0.3 is 0 Å². The minimum absolute atomic E-state index is 0.210. The number of aromatic nitrogens is 1. The van der Waals surface area contributed by atoms with Crippen molar-refractivity contribution in [2.75, 3.05) is 0 Å². The zero-order valence-corrected chi connectivity index (χ0v) is 11.4. The van der Waals surface area contributed by atoms with Gasteiger partial charge in [0.1, 0.15) is 5.82 Å². The van der Waals surface area contributed by atoms with Crippen molar-refractivity contribution in [3.05, 3.63) is 53.1 Å². The topological polar surface area (TPSA) is 12.9 Å². The molecule has 2 aromatic rings. The fraction of sp³-hybridized carbons (Fsp3) is 0.267. The van der Waals surface area contributed by atoms with Gasteiger partial charge in [0, 0.05) is 23.5 Å². The van der Waals surface area contributed by atoms with Crippen LogP contribution in [0.3, 0.4) is 0 Å². The summed E-state index contributed by atoms with van der Waals surface area (Å²) in [5.74, 6) is -0.210. The SMILES string of the molecule is CC(C)(C)c1cccc(-c2ccncc2Cl)c1F. The van der Waals surface area contributed by atoms with Crippen molar-refractivity contribution in [1.29, 1.82) is 0 Å². The Balaban J connectivity index is 2.64. The Morgan fingerprint density at radius 1 is 1.11 bits per heavy atom. The van der Waals surface area contributed by atoms with Gasteiger partial charge < -0.3 is 0 Å². The van der Waals surface area contributed by atoms with Gasteiger partial charge in [0.15, 0.2) is 0 Å². The Bertz CT molecular complexity index is 573. The molecule has 1 nitrogen and oxygen atoms in total. The van der Waals surface area contributed by atoms with E-state index < -0.39 is 0 Å². The number of pyridine rings is 1. The first-order chi connectivity index (χ1) is 8.41. The molecule has 3 heteroatoms. The summed E-state index contributed by atoms with van der Waals surface area (Å²) in [4.78, 5) is 3.92. The first-order valence-corrected chi connectivity index (χ1v) is 6.18. The highest BCUT2D eigenvalue weighted by Crippen LogP contribution is 2.34. The molecule has 0 fully saturated rings. The summed E-state index contributed by atoms with van der Waals surface area (Å²) in [5.41, 5.74) is 1.65. The Hall–Kier alpha value is -1.41. The number of hydrogen-bond acceptors (Lipinski definition) is 1. The third kappa shape index (κ3) is 2.39. The molecule has 1 aromatic carbocycles. The van der Waals surface area contributed by atoms with Gasteiger partial charge in [-0.1, -0.05) is 50.6 Å². The Morgan fingerprint density at radius 2 is 1.83 bits per heavy atom. The van der Waals surface area contributed by atoms with Gasteiger partial charge in [-0.2, -0.15) is 0 Å². The van der Waals surface area contributed by atoms with E-state index >= 15 is 0 Å². The normalized spacial score (nSPS) is 11.6. The van der Waals surface area contributed by atoms with E-state index in [1.807, 2.05) is 32.9 Å². The third-order valence-electron chi connectivity index (χ3n) is 2.87. The molecule has 94 valence electrons. The van der Waals surface area contributed by atoms with Crippen molar-refractivity contribution in [3.63, 3.8) is 0 Å². The van der Waals surface area contributed by atoms with Gasteiger partial charge in [0.2, 0.25) is 0 Å². The van der Waals surface area contributed by atoms with Crippen molar-refractivity contribution in [3.8, 4) is 11.1 Å². The van der Waals surface area contributed by atoms with Gasteiger partial charge in [-0.05, 0) is 17.0 Å². The molecular formula is C15H15ClFN. The second kappa shape index (κ2) is 4.69. The lowest BCUT2D eigenvalue weighted by molar-refractivity contribution is 0.525. The van der Waals surface area contributed by atoms with Gasteiger partial charge in [-0.15, -0.1) is 0 Å². The summed E-state index contributed by atoms with van der Waals surface area (Å²) in [6, 6.07) is 7.14. The third-order valence-corrected chi connectivity index (χ3v) is 3.17. The fourth-order valence-corrected chi connectivity index (χ4v) is 2.13. The van der Waals surface area contributed by atoms with Crippen LogP contribution in [0.4, 0.5) is 4.39 Å². The van der Waals surface area contributed by atoms with E-state index in [0.29, 0.717) is 21.7 Å². The van der Waals surface area contributed by atoms with E-state index in [9.17, 15) is 4.39 Å². The van der Waals surface area contributed by atoms with E-state index in [2.05, 4.69) is 4.98 Å². The Morgan fingerprint density at radius 3 is 2.44 bits per heavy atom. The highest BCUT2D eigenvalue weighted by Gasteiger charge is 2.21. The van der Waals surface area contributed by atoms with Crippen molar-refractivity contribution in [1.82, 2.24) is 4.98 Å². The maximum absolute atomic E-state index is 14.6. The average Bonchev–Trinajstić information content (AvgIpc) is 2.29. The largest absolute Gasteiger partial charge is 0.263 e. The second-order valence-electron chi connectivity index (χ2n) is 5.27. The number of hydrogen-bond donors (Lipinski definition) is 0. The maximum Gasteiger partial charge on any atom is 0.134 e.